The summed E-state index contributed by atoms with van der Waals surface area (Å²) in [6.07, 6.45) is -6.58. The van der Waals surface area contributed by atoms with E-state index < -0.39 is 60.2 Å². The van der Waals surface area contributed by atoms with E-state index in [-0.39, 0.29) is 19.0 Å². The first-order valence-electron chi connectivity index (χ1n) is 11.0. The van der Waals surface area contributed by atoms with Crippen molar-refractivity contribution >= 4 is 34.6 Å². The summed E-state index contributed by atoms with van der Waals surface area (Å²) in [6, 6.07) is 8.40. The van der Waals surface area contributed by atoms with Crippen molar-refractivity contribution in [3.8, 4) is 0 Å². The normalized spacial score (nSPS) is 23.5. The second-order valence-electron chi connectivity index (χ2n) is 7.97. The first-order chi connectivity index (χ1) is 17.0. The number of hydrogen-bond acceptors (Lipinski definition) is 12. The summed E-state index contributed by atoms with van der Waals surface area (Å²) in [7, 11) is 0. The third kappa shape index (κ3) is 6.89. The molecule has 1 aliphatic rings. The minimum absolute atomic E-state index is 0.145. The number of esters is 4. The van der Waals surface area contributed by atoms with Gasteiger partial charge < -0.3 is 32.8 Å². The number of rotatable bonds is 8. The summed E-state index contributed by atoms with van der Waals surface area (Å²) in [4.78, 5) is 59.2. The number of ether oxygens (including phenoxy) is 6. The molecule has 36 heavy (non-hydrogen) atoms. The lowest BCUT2D eigenvalue weighted by Crippen LogP contribution is -2.62. The molecule has 12 heteroatoms. The van der Waals surface area contributed by atoms with Crippen LogP contribution >= 0.6 is 0 Å². The van der Waals surface area contributed by atoms with Crippen LogP contribution in [0.4, 0.5) is 0 Å². The predicted molar refractivity (Wildman–Crippen MR) is 119 cm³/mol. The van der Waals surface area contributed by atoms with Crippen molar-refractivity contribution < 1.29 is 52.0 Å². The Hall–Kier alpha value is -3.77. The summed E-state index contributed by atoms with van der Waals surface area (Å²) in [5.74, 6) is -2.76. The van der Waals surface area contributed by atoms with Gasteiger partial charge >= 0.3 is 29.5 Å². The SMILES string of the molecule is CC(=O)OC[C@H]1O[C@@H](OCc2cc3ccccc3c(=O)o2)[C@H](OC(C)=O)[C@@H](OC(C)=O)[C@@H]1OC(C)=O. The van der Waals surface area contributed by atoms with Crippen molar-refractivity contribution in [2.45, 2.75) is 65.0 Å². The van der Waals surface area contributed by atoms with Crippen LogP contribution in [0.3, 0.4) is 0 Å². The third-order valence-electron chi connectivity index (χ3n) is 5.06. The van der Waals surface area contributed by atoms with Crippen LogP contribution in [0.2, 0.25) is 0 Å². The van der Waals surface area contributed by atoms with E-state index >= 15 is 0 Å². The maximum Gasteiger partial charge on any atom is 0.343 e. The molecule has 12 nitrogen and oxygen atoms in total. The quantitative estimate of drug-likeness (QED) is 0.375. The minimum Gasteiger partial charge on any atom is -0.463 e. The molecule has 0 amide bonds. The van der Waals surface area contributed by atoms with E-state index in [1.165, 1.54) is 6.92 Å². The molecular weight excluding hydrogens is 480 g/mol. The van der Waals surface area contributed by atoms with Gasteiger partial charge in [0.25, 0.3) is 0 Å². The molecule has 1 aromatic carbocycles. The zero-order valence-corrected chi connectivity index (χ0v) is 20.1. The standard InChI is InChI=1S/C24H26O12/c1-12(25)30-11-19-20(32-13(2)26)21(33-14(3)27)22(34-15(4)28)24(36-19)31-10-17-9-16-7-5-6-8-18(16)23(29)35-17/h5-9,19-22,24H,10-11H2,1-4H3/t19-,20-,21+,22-,24-/m1/s1. The molecule has 0 spiro atoms. The molecule has 5 atom stereocenters. The summed E-state index contributed by atoms with van der Waals surface area (Å²) < 4.78 is 37.9. The van der Waals surface area contributed by atoms with Gasteiger partial charge in [0.15, 0.2) is 24.6 Å². The molecule has 3 rings (SSSR count). The number of carbonyl (C=O) groups excluding carboxylic acids is 4. The van der Waals surface area contributed by atoms with Crippen LogP contribution in [-0.4, -0.2) is 61.2 Å². The largest absolute Gasteiger partial charge is 0.463 e. The Labute approximate surface area is 205 Å². The highest BCUT2D eigenvalue weighted by Gasteiger charge is 2.52. The molecule has 2 heterocycles. The van der Waals surface area contributed by atoms with Crippen LogP contribution in [-0.2, 0) is 54.2 Å². The van der Waals surface area contributed by atoms with Crippen molar-refractivity contribution in [1.82, 2.24) is 0 Å². The Morgan fingerprint density at radius 3 is 2.08 bits per heavy atom. The molecule has 0 radical (unpaired) electrons. The molecule has 0 bridgehead atoms. The van der Waals surface area contributed by atoms with Gasteiger partial charge in [-0.15, -0.1) is 0 Å². The molecule has 1 aromatic heterocycles. The second-order valence-corrected chi connectivity index (χ2v) is 7.97. The van der Waals surface area contributed by atoms with Crippen LogP contribution < -0.4 is 5.63 Å². The van der Waals surface area contributed by atoms with Gasteiger partial charge in [0.1, 0.15) is 25.1 Å². The highest BCUT2D eigenvalue weighted by atomic mass is 16.7. The van der Waals surface area contributed by atoms with Crippen LogP contribution in [0, 0.1) is 0 Å². The van der Waals surface area contributed by atoms with Crippen LogP contribution in [0.5, 0.6) is 0 Å². The fourth-order valence-electron chi connectivity index (χ4n) is 3.74. The summed E-state index contributed by atoms with van der Waals surface area (Å²) >= 11 is 0. The van der Waals surface area contributed by atoms with E-state index in [0.717, 1.165) is 20.8 Å². The lowest BCUT2D eigenvalue weighted by atomic mass is 9.98. The van der Waals surface area contributed by atoms with Gasteiger partial charge in [0, 0.05) is 27.7 Å². The second kappa shape index (κ2) is 11.8. The molecule has 0 unspecified atom stereocenters. The molecular formula is C24H26O12. The van der Waals surface area contributed by atoms with E-state index in [1.54, 1.807) is 30.3 Å². The van der Waals surface area contributed by atoms with Crippen LogP contribution in [0.25, 0.3) is 10.8 Å². The van der Waals surface area contributed by atoms with Crippen molar-refractivity contribution in [2.75, 3.05) is 6.61 Å². The van der Waals surface area contributed by atoms with E-state index in [1.807, 2.05) is 0 Å². The average Bonchev–Trinajstić information content (AvgIpc) is 2.79. The zero-order valence-electron chi connectivity index (χ0n) is 20.1. The molecule has 194 valence electrons. The smallest absolute Gasteiger partial charge is 0.343 e. The van der Waals surface area contributed by atoms with Gasteiger partial charge in [0.2, 0.25) is 0 Å². The van der Waals surface area contributed by atoms with E-state index in [9.17, 15) is 24.0 Å². The van der Waals surface area contributed by atoms with E-state index in [4.69, 9.17) is 32.8 Å². The van der Waals surface area contributed by atoms with Crippen molar-refractivity contribution in [2.24, 2.45) is 0 Å². The molecule has 0 N–H and O–H groups in total. The molecule has 1 aliphatic heterocycles. The van der Waals surface area contributed by atoms with Gasteiger partial charge in [-0.25, -0.2) is 4.79 Å². The Morgan fingerprint density at radius 1 is 0.833 bits per heavy atom. The Bertz CT molecular complexity index is 1190. The summed E-state index contributed by atoms with van der Waals surface area (Å²) in [6.45, 7) is 3.85. The highest BCUT2D eigenvalue weighted by Crippen LogP contribution is 2.30. The van der Waals surface area contributed by atoms with Crippen molar-refractivity contribution in [3.63, 3.8) is 0 Å². The zero-order chi connectivity index (χ0) is 26.4. The van der Waals surface area contributed by atoms with Crippen molar-refractivity contribution in [1.29, 1.82) is 0 Å². The van der Waals surface area contributed by atoms with E-state index in [0.29, 0.717) is 10.8 Å². The molecule has 0 saturated carbocycles. The lowest BCUT2D eigenvalue weighted by molar-refractivity contribution is -0.311. The predicted octanol–water partition coefficient (Wildman–Crippen LogP) is 1.39. The Morgan fingerprint density at radius 2 is 1.44 bits per heavy atom. The Kier molecular flexibility index (Phi) is 8.78. The van der Waals surface area contributed by atoms with Crippen molar-refractivity contribution in [3.05, 3.63) is 46.5 Å². The number of fused-ring (bicyclic) bond motifs is 1. The van der Waals surface area contributed by atoms with Gasteiger partial charge in [-0.05, 0) is 17.5 Å². The molecule has 2 aromatic rings. The number of hydrogen-bond donors (Lipinski definition) is 0. The third-order valence-corrected chi connectivity index (χ3v) is 5.06. The molecule has 0 aliphatic carbocycles. The first kappa shape index (κ1) is 26.8. The maximum atomic E-state index is 12.3. The molecule has 1 saturated heterocycles. The van der Waals surface area contributed by atoms with E-state index in [2.05, 4.69) is 0 Å². The number of benzene rings is 1. The monoisotopic (exact) mass is 506 g/mol. The average molecular weight is 506 g/mol. The fraction of sp³-hybridized carbons (Fsp3) is 0.458. The van der Waals surface area contributed by atoms with Gasteiger partial charge in [-0.1, -0.05) is 18.2 Å². The highest BCUT2D eigenvalue weighted by molar-refractivity contribution is 5.81. The topological polar surface area (TPSA) is 154 Å². The van der Waals surface area contributed by atoms with Gasteiger partial charge in [0.05, 0.1) is 5.39 Å². The number of carbonyl (C=O) groups is 4. The summed E-state index contributed by atoms with van der Waals surface area (Å²) in [5.41, 5.74) is -0.576. The summed E-state index contributed by atoms with van der Waals surface area (Å²) in [5, 5.41) is 1.00. The fourth-order valence-corrected chi connectivity index (χ4v) is 3.74. The first-order valence-corrected chi connectivity index (χ1v) is 11.0. The lowest BCUT2D eigenvalue weighted by Gasteiger charge is -2.43. The van der Waals surface area contributed by atoms with Crippen LogP contribution in [0.15, 0.2) is 39.5 Å². The molecule has 1 fully saturated rings. The van der Waals surface area contributed by atoms with Gasteiger partial charge in [-0.3, -0.25) is 19.2 Å². The minimum atomic E-state index is -1.39. The maximum absolute atomic E-state index is 12.3. The Balaban J connectivity index is 1.93. The van der Waals surface area contributed by atoms with Crippen LogP contribution in [0.1, 0.15) is 33.5 Å². The van der Waals surface area contributed by atoms with Gasteiger partial charge in [-0.2, -0.15) is 0 Å².